The van der Waals surface area contributed by atoms with Crippen molar-refractivity contribution < 1.29 is 14.3 Å². The average molecular weight is 343 g/mol. The highest BCUT2D eigenvalue weighted by Gasteiger charge is 2.16. The lowest BCUT2D eigenvalue weighted by Crippen LogP contribution is -2.26. The second-order valence-corrected chi connectivity index (χ2v) is 6.21. The van der Waals surface area contributed by atoms with Gasteiger partial charge in [-0.25, -0.2) is 4.68 Å². The number of para-hydroxylation sites is 1. The molecule has 0 unspecified atom stereocenters. The minimum Gasteiger partial charge on any atom is -0.379 e. The van der Waals surface area contributed by atoms with E-state index in [0.717, 1.165) is 37.3 Å². The molecule has 1 aromatic carbocycles. The Bertz CT molecular complexity index is 678. The van der Waals surface area contributed by atoms with Crippen LogP contribution in [0.15, 0.2) is 36.5 Å². The molecule has 2 heterocycles. The Morgan fingerprint density at radius 2 is 2.24 bits per heavy atom. The summed E-state index contributed by atoms with van der Waals surface area (Å²) in [4.78, 5) is 12.3. The summed E-state index contributed by atoms with van der Waals surface area (Å²) in [5.41, 5.74) is 2.38. The Hall–Kier alpha value is -2.18. The van der Waals surface area contributed by atoms with Crippen molar-refractivity contribution in [3.8, 4) is 5.69 Å². The summed E-state index contributed by atoms with van der Waals surface area (Å²) in [5.74, 6) is -0.0983. The van der Waals surface area contributed by atoms with Gasteiger partial charge in [0.15, 0.2) is 0 Å². The van der Waals surface area contributed by atoms with E-state index in [1.54, 1.807) is 10.9 Å². The molecule has 134 valence electrons. The number of nitrogens with one attached hydrogen (secondary N) is 1. The van der Waals surface area contributed by atoms with E-state index in [0.29, 0.717) is 25.3 Å². The zero-order valence-electron chi connectivity index (χ0n) is 14.6. The first-order valence-corrected chi connectivity index (χ1v) is 8.83. The first-order chi connectivity index (χ1) is 12.3. The number of benzene rings is 1. The van der Waals surface area contributed by atoms with E-state index in [1.165, 1.54) is 0 Å². The number of rotatable bonds is 8. The molecular formula is C19H25N3O3. The highest BCUT2D eigenvalue weighted by Crippen LogP contribution is 2.14. The maximum atomic E-state index is 12.3. The lowest BCUT2D eigenvalue weighted by molar-refractivity contribution is 0.0166. The summed E-state index contributed by atoms with van der Waals surface area (Å²) in [6, 6.07) is 9.79. The molecule has 25 heavy (non-hydrogen) atoms. The molecule has 3 rings (SSSR count). The minimum absolute atomic E-state index is 0.0983. The van der Waals surface area contributed by atoms with Gasteiger partial charge < -0.3 is 14.8 Å². The molecule has 1 fully saturated rings. The molecular weight excluding hydrogens is 318 g/mol. The minimum atomic E-state index is -0.0983. The molecule has 0 spiro atoms. The largest absolute Gasteiger partial charge is 0.379 e. The van der Waals surface area contributed by atoms with Gasteiger partial charge in [-0.15, -0.1) is 0 Å². The second-order valence-electron chi connectivity index (χ2n) is 6.21. The van der Waals surface area contributed by atoms with Gasteiger partial charge in [-0.05, 0) is 38.3 Å². The van der Waals surface area contributed by atoms with Crippen LogP contribution in [0.1, 0.15) is 35.3 Å². The van der Waals surface area contributed by atoms with E-state index in [9.17, 15) is 4.79 Å². The van der Waals surface area contributed by atoms with Crippen LogP contribution in [0.4, 0.5) is 0 Å². The zero-order valence-corrected chi connectivity index (χ0v) is 14.6. The molecule has 0 aliphatic carbocycles. The predicted octanol–water partition coefficient (Wildman–Crippen LogP) is 2.50. The molecule has 1 aliphatic heterocycles. The Kier molecular flexibility index (Phi) is 6.19. The SMILES string of the molecule is Cc1c(C(=O)NCCCOC[C@@H]2CCCO2)cnn1-c1ccccc1. The second kappa shape index (κ2) is 8.78. The van der Waals surface area contributed by atoms with Crippen LogP contribution in [0.3, 0.4) is 0 Å². The highest BCUT2D eigenvalue weighted by molar-refractivity contribution is 5.95. The fourth-order valence-corrected chi connectivity index (χ4v) is 2.92. The van der Waals surface area contributed by atoms with Gasteiger partial charge in [-0.1, -0.05) is 18.2 Å². The number of ether oxygens (including phenoxy) is 2. The number of nitrogens with zero attached hydrogens (tertiary/aromatic N) is 2. The summed E-state index contributed by atoms with van der Waals surface area (Å²) < 4.78 is 12.9. The van der Waals surface area contributed by atoms with Gasteiger partial charge in [0.25, 0.3) is 5.91 Å². The quantitative estimate of drug-likeness (QED) is 0.748. The maximum absolute atomic E-state index is 12.3. The Morgan fingerprint density at radius 3 is 3.00 bits per heavy atom. The molecule has 1 atom stereocenters. The van der Waals surface area contributed by atoms with Gasteiger partial charge in [-0.3, -0.25) is 4.79 Å². The smallest absolute Gasteiger partial charge is 0.254 e. The van der Waals surface area contributed by atoms with Crippen LogP contribution >= 0.6 is 0 Å². The molecule has 0 bridgehead atoms. The van der Waals surface area contributed by atoms with Crippen LogP contribution < -0.4 is 5.32 Å². The third-order valence-corrected chi connectivity index (χ3v) is 4.33. The van der Waals surface area contributed by atoms with E-state index in [-0.39, 0.29) is 12.0 Å². The molecule has 6 nitrogen and oxygen atoms in total. The Balaban J connectivity index is 1.42. The van der Waals surface area contributed by atoms with E-state index in [2.05, 4.69) is 10.4 Å². The number of hydrogen-bond donors (Lipinski definition) is 1. The monoisotopic (exact) mass is 343 g/mol. The van der Waals surface area contributed by atoms with Crippen LogP contribution in [0, 0.1) is 6.92 Å². The third-order valence-electron chi connectivity index (χ3n) is 4.33. The van der Waals surface area contributed by atoms with Crippen molar-refractivity contribution in [3.63, 3.8) is 0 Å². The van der Waals surface area contributed by atoms with Crippen molar-refractivity contribution in [2.45, 2.75) is 32.3 Å². The van der Waals surface area contributed by atoms with Crippen molar-refractivity contribution in [2.75, 3.05) is 26.4 Å². The number of carbonyl (C=O) groups excluding carboxylic acids is 1. The van der Waals surface area contributed by atoms with E-state index in [1.807, 2.05) is 37.3 Å². The number of amides is 1. The first-order valence-electron chi connectivity index (χ1n) is 8.83. The van der Waals surface area contributed by atoms with Gasteiger partial charge in [0.2, 0.25) is 0 Å². The molecule has 0 radical (unpaired) electrons. The van der Waals surface area contributed by atoms with Crippen LogP contribution in [-0.2, 0) is 9.47 Å². The number of carbonyl (C=O) groups is 1. The Morgan fingerprint density at radius 1 is 1.40 bits per heavy atom. The van der Waals surface area contributed by atoms with Gasteiger partial charge >= 0.3 is 0 Å². The zero-order chi connectivity index (χ0) is 17.5. The molecule has 1 aliphatic rings. The van der Waals surface area contributed by atoms with Gasteiger partial charge in [-0.2, -0.15) is 5.10 Å². The highest BCUT2D eigenvalue weighted by atomic mass is 16.5. The van der Waals surface area contributed by atoms with Crippen LogP contribution in [0.25, 0.3) is 5.69 Å². The third kappa shape index (κ3) is 4.67. The molecule has 6 heteroatoms. The Labute approximate surface area is 148 Å². The van der Waals surface area contributed by atoms with E-state index >= 15 is 0 Å². The lowest BCUT2D eigenvalue weighted by Gasteiger charge is -2.10. The fourth-order valence-electron chi connectivity index (χ4n) is 2.92. The van der Waals surface area contributed by atoms with E-state index < -0.39 is 0 Å². The number of aromatic nitrogens is 2. The normalized spacial score (nSPS) is 16.9. The molecule has 1 aromatic heterocycles. The topological polar surface area (TPSA) is 65.4 Å². The molecule has 0 saturated carbocycles. The lowest BCUT2D eigenvalue weighted by atomic mass is 10.2. The summed E-state index contributed by atoms with van der Waals surface area (Å²) in [6.45, 7) is 4.61. The van der Waals surface area contributed by atoms with Crippen molar-refractivity contribution in [3.05, 3.63) is 47.8 Å². The van der Waals surface area contributed by atoms with Crippen molar-refractivity contribution >= 4 is 5.91 Å². The summed E-state index contributed by atoms with van der Waals surface area (Å²) in [5, 5.41) is 7.26. The predicted molar refractivity (Wildman–Crippen MR) is 95.0 cm³/mol. The van der Waals surface area contributed by atoms with Crippen molar-refractivity contribution in [1.82, 2.24) is 15.1 Å². The van der Waals surface area contributed by atoms with Crippen LogP contribution in [0.2, 0.25) is 0 Å². The maximum Gasteiger partial charge on any atom is 0.254 e. The van der Waals surface area contributed by atoms with Gasteiger partial charge in [0.05, 0.1) is 35.9 Å². The molecule has 1 N–H and O–H groups in total. The fraction of sp³-hybridized carbons (Fsp3) is 0.474. The summed E-state index contributed by atoms with van der Waals surface area (Å²) in [6.07, 6.45) is 4.86. The van der Waals surface area contributed by atoms with Gasteiger partial charge in [0.1, 0.15) is 0 Å². The first kappa shape index (κ1) is 17.6. The summed E-state index contributed by atoms with van der Waals surface area (Å²) in [7, 11) is 0. The van der Waals surface area contributed by atoms with Crippen LogP contribution in [-0.4, -0.2) is 48.2 Å². The van der Waals surface area contributed by atoms with Crippen molar-refractivity contribution in [2.24, 2.45) is 0 Å². The van der Waals surface area contributed by atoms with Gasteiger partial charge in [0, 0.05) is 19.8 Å². The molecule has 1 amide bonds. The van der Waals surface area contributed by atoms with Crippen molar-refractivity contribution in [1.29, 1.82) is 0 Å². The average Bonchev–Trinajstić information content (AvgIpc) is 3.28. The standard InChI is InChI=1S/C19H25N3O3/c1-15-18(13-21-22(15)16-7-3-2-4-8-16)19(23)20-10-6-11-24-14-17-9-5-12-25-17/h2-4,7-8,13,17H,5-6,9-12,14H2,1H3,(H,20,23)/t17-/m0/s1. The summed E-state index contributed by atoms with van der Waals surface area (Å²) >= 11 is 0. The number of hydrogen-bond acceptors (Lipinski definition) is 4. The molecule has 2 aromatic rings. The van der Waals surface area contributed by atoms with E-state index in [4.69, 9.17) is 9.47 Å². The van der Waals surface area contributed by atoms with Crippen LogP contribution in [0.5, 0.6) is 0 Å². The molecule has 1 saturated heterocycles.